The van der Waals surface area contributed by atoms with Crippen LogP contribution in [-0.4, -0.2) is 38.3 Å². The molecule has 0 aromatic carbocycles. The summed E-state index contributed by atoms with van der Waals surface area (Å²) in [4.78, 5) is 2.49. The van der Waals surface area contributed by atoms with E-state index in [1.807, 2.05) is 6.92 Å². The largest absolute Gasteiger partial charge is 0.385 e. The van der Waals surface area contributed by atoms with Crippen molar-refractivity contribution in [3.63, 3.8) is 0 Å². The van der Waals surface area contributed by atoms with Crippen molar-refractivity contribution in [2.45, 2.75) is 26.7 Å². The Labute approximate surface area is 70.5 Å². The monoisotopic (exact) mass is 159 g/mol. The van der Waals surface area contributed by atoms with Crippen LogP contribution in [0, 0.1) is 0 Å². The fraction of sp³-hybridized carbons (Fsp3) is 1.00. The second-order valence-electron chi connectivity index (χ2n) is 2.72. The Balaban J connectivity index is 0.000000218. The average molecular weight is 159 g/mol. The molecular formula is C9H21NO. The first-order valence-electron chi connectivity index (χ1n) is 4.56. The van der Waals surface area contributed by atoms with Crippen LogP contribution in [0.1, 0.15) is 26.7 Å². The molecule has 0 atom stereocenters. The molecule has 2 heteroatoms. The topological polar surface area (TPSA) is 12.5 Å². The van der Waals surface area contributed by atoms with Gasteiger partial charge in [-0.15, -0.1) is 0 Å². The highest BCUT2D eigenvalue weighted by Crippen LogP contribution is 2.04. The van der Waals surface area contributed by atoms with Gasteiger partial charge in [-0.2, -0.15) is 0 Å². The van der Waals surface area contributed by atoms with Crippen LogP contribution in [0.15, 0.2) is 0 Å². The average Bonchev–Trinajstić information content (AvgIpc) is 2.56. The predicted octanol–water partition coefficient (Wildman–Crippen LogP) is 1.75. The van der Waals surface area contributed by atoms with Gasteiger partial charge in [0.15, 0.2) is 0 Å². The van der Waals surface area contributed by atoms with E-state index >= 15 is 0 Å². The number of nitrogens with zero attached hydrogens (tertiary/aromatic N) is 1. The van der Waals surface area contributed by atoms with Crippen LogP contribution in [0.25, 0.3) is 0 Å². The molecule has 0 radical (unpaired) electrons. The molecule has 1 rings (SSSR count). The molecule has 1 aliphatic rings. The summed E-state index contributed by atoms with van der Waals surface area (Å²) in [7, 11) is 1.68. The zero-order valence-electron chi connectivity index (χ0n) is 8.10. The zero-order chi connectivity index (χ0) is 8.53. The van der Waals surface area contributed by atoms with Gasteiger partial charge in [0.2, 0.25) is 0 Å². The standard InChI is InChI=1S/C6H13N.C3H8O/c1-2-7-5-3-4-6-7;1-3-4-2/h2-6H2,1H3;3H2,1-2H3. The van der Waals surface area contributed by atoms with E-state index in [2.05, 4.69) is 16.6 Å². The van der Waals surface area contributed by atoms with Gasteiger partial charge in [-0.3, -0.25) is 0 Å². The van der Waals surface area contributed by atoms with Crippen LogP contribution in [0.3, 0.4) is 0 Å². The van der Waals surface area contributed by atoms with E-state index in [0.29, 0.717) is 0 Å². The lowest BCUT2D eigenvalue weighted by atomic mass is 10.4. The summed E-state index contributed by atoms with van der Waals surface area (Å²) in [5, 5.41) is 0. The summed E-state index contributed by atoms with van der Waals surface area (Å²) >= 11 is 0. The molecule has 0 aromatic heterocycles. The highest BCUT2D eigenvalue weighted by atomic mass is 16.5. The minimum Gasteiger partial charge on any atom is -0.385 e. The first-order chi connectivity index (χ1) is 5.35. The summed E-state index contributed by atoms with van der Waals surface area (Å²) in [6, 6.07) is 0. The Morgan fingerprint density at radius 2 is 1.64 bits per heavy atom. The quantitative estimate of drug-likeness (QED) is 0.608. The summed E-state index contributed by atoms with van der Waals surface area (Å²) in [6.07, 6.45) is 2.85. The van der Waals surface area contributed by atoms with Crippen LogP contribution >= 0.6 is 0 Å². The van der Waals surface area contributed by atoms with Crippen molar-refractivity contribution in [2.75, 3.05) is 33.4 Å². The molecule has 0 amide bonds. The molecule has 0 saturated carbocycles. The maximum absolute atomic E-state index is 4.54. The van der Waals surface area contributed by atoms with E-state index in [9.17, 15) is 0 Å². The van der Waals surface area contributed by atoms with Crippen LogP contribution < -0.4 is 0 Å². The number of ether oxygens (including phenoxy) is 1. The number of hydrogen-bond donors (Lipinski definition) is 0. The molecule has 0 aromatic rings. The fourth-order valence-corrected chi connectivity index (χ4v) is 1.10. The van der Waals surface area contributed by atoms with Gasteiger partial charge < -0.3 is 9.64 Å². The molecule has 1 aliphatic heterocycles. The normalized spacial score (nSPS) is 17.7. The van der Waals surface area contributed by atoms with Crippen LogP contribution in [0.2, 0.25) is 0 Å². The highest BCUT2D eigenvalue weighted by Gasteiger charge is 2.06. The molecule has 0 N–H and O–H groups in total. The van der Waals surface area contributed by atoms with Crippen molar-refractivity contribution >= 4 is 0 Å². The lowest BCUT2D eigenvalue weighted by molar-refractivity contribution is 0.215. The number of likely N-dealkylation sites (tertiary alicyclic amines) is 1. The first-order valence-corrected chi connectivity index (χ1v) is 4.56. The molecule has 1 saturated heterocycles. The van der Waals surface area contributed by atoms with Crippen molar-refractivity contribution in [3.05, 3.63) is 0 Å². The summed E-state index contributed by atoms with van der Waals surface area (Å²) in [5.41, 5.74) is 0. The van der Waals surface area contributed by atoms with Crippen LogP contribution in [0.5, 0.6) is 0 Å². The van der Waals surface area contributed by atoms with E-state index in [0.717, 1.165) is 6.61 Å². The zero-order valence-corrected chi connectivity index (χ0v) is 8.10. The Kier molecular flexibility index (Phi) is 7.96. The second kappa shape index (κ2) is 8.02. The summed E-state index contributed by atoms with van der Waals surface area (Å²) in [5.74, 6) is 0. The second-order valence-corrected chi connectivity index (χ2v) is 2.72. The van der Waals surface area contributed by atoms with Crippen molar-refractivity contribution in [3.8, 4) is 0 Å². The lowest BCUT2D eigenvalue weighted by Gasteiger charge is -2.08. The highest BCUT2D eigenvalue weighted by molar-refractivity contribution is 4.62. The van der Waals surface area contributed by atoms with Gasteiger partial charge in [0.25, 0.3) is 0 Å². The Morgan fingerprint density at radius 3 is 1.82 bits per heavy atom. The van der Waals surface area contributed by atoms with E-state index < -0.39 is 0 Å². The SMILES string of the molecule is CCN1CCCC1.CCOC. The lowest BCUT2D eigenvalue weighted by Crippen LogP contribution is -2.17. The Morgan fingerprint density at radius 1 is 1.18 bits per heavy atom. The molecule has 0 aliphatic carbocycles. The third kappa shape index (κ3) is 6.32. The molecule has 0 bridgehead atoms. The molecule has 1 fully saturated rings. The molecule has 1 heterocycles. The number of hydrogen-bond acceptors (Lipinski definition) is 2. The Hall–Kier alpha value is -0.0800. The van der Waals surface area contributed by atoms with Gasteiger partial charge in [-0.25, -0.2) is 0 Å². The van der Waals surface area contributed by atoms with Crippen molar-refractivity contribution < 1.29 is 4.74 Å². The first kappa shape index (κ1) is 10.9. The van der Waals surface area contributed by atoms with Crippen molar-refractivity contribution in [1.82, 2.24) is 4.90 Å². The summed E-state index contributed by atoms with van der Waals surface area (Å²) in [6.45, 7) is 8.94. The van der Waals surface area contributed by atoms with Crippen LogP contribution in [0.4, 0.5) is 0 Å². The number of rotatable bonds is 2. The maximum Gasteiger partial charge on any atom is 0.0433 e. The molecule has 68 valence electrons. The van der Waals surface area contributed by atoms with Gasteiger partial charge in [-0.1, -0.05) is 6.92 Å². The smallest absolute Gasteiger partial charge is 0.0433 e. The van der Waals surface area contributed by atoms with Gasteiger partial charge >= 0.3 is 0 Å². The molecule has 11 heavy (non-hydrogen) atoms. The Bertz CT molecular complexity index is 68.0. The predicted molar refractivity (Wildman–Crippen MR) is 48.9 cm³/mol. The molecular weight excluding hydrogens is 138 g/mol. The van der Waals surface area contributed by atoms with Gasteiger partial charge in [0.1, 0.15) is 0 Å². The molecule has 0 unspecified atom stereocenters. The third-order valence-electron chi connectivity index (χ3n) is 1.93. The minimum absolute atomic E-state index is 0.819. The number of methoxy groups -OCH3 is 1. The fourth-order valence-electron chi connectivity index (χ4n) is 1.10. The van der Waals surface area contributed by atoms with Gasteiger partial charge in [0, 0.05) is 13.7 Å². The molecule has 0 spiro atoms. The van der Waals surface area contributed by atoms with Gasteiger partial charge in [0.05, 0.1) is 0 Å². The van der Waals surface area contributed by atoms with E-state index in [1.165, 1.54) is 32.5 Å². The van der Waals surface area contributed by atoms with E-state index in [-0.39, 0.29) is 0 Å². The summed E-state index contributed by atoms with van der Waals surface area (Å²) < 4.78 is 4.54. The third-order valence-corrected chi connectivity index (χ3v) is 1.93. The van der Waals surface area contributed by atoms with E-state index in [4.69, 9.17) is 0 Å². The molecule has 2 nitrogen and oxygen atoms in total. The van der Waals surface area contributed by atoms with E-state index in [1.54, 1.807) is 7.11 Å². The maximum atomic E-state index is 4.54. The van der Waals surface area contributed by atoms with Crippen molar-refractivity contribution in [2.24, 2.45) is 0 Å². The minimum atomic E-state index is 0.819. The van der Waals surface area contributed by atoms with Crippen LogP contribution in [-0.2, 0) is 4.74 Å². The van der Waals surface area contributed by atoms with Gasteiger partial charge in [-0.05, 0) is 39.4 Å². The van der Waals surface area contributed by atoms with Crippen molar-refractivity contribution in [1.29, 1.82) is 0 Å².